The molecule has 0 amide bonds. The van der Waals surface area contributed by atoms with E-state index in [9.17, 15) is 13.2 Å². The number of hydrogen-bond donors (Lipinski definition) is 0. The lowest BCUT2D eigenvalue weighted by molar-refractivity contribution is -0.103. The Morgan fingerprint density at radius 2 is 1.65 bits per heavy atom. The van der Waals surface area contributed by atoms with E-state index in [1.54, 1.807) is 24.3 Å². The minimum Gasteiger partial charge on any atom is -0.298 e. The number of hydrogen-bond acceptors (Lipinski definition) is 3. The number of sulfone groups is 1. The third-order valence-corrected chi connectivity index (χ3v) is 5.70. The number of unbranched alkanes of at least 4 members (excludes halogenated alkanes) is 5. The van der Waals surface area contributed by atoms with Crippen LogP contribution in [0, 0.1) is 0 Å². The highest BCUT2D eigenvalue weighted by atomic mass is 32.2. The van der Waals surface area contributed by atoms with Crippen LogP contribution in [0.4, 0.5) is 0 Å². The Labute approximate surface area is 140 Å². The van der Waals surface area contributed by atoms with Gasteiger partial charge in [-0.1, -0.05) is 63.8 Å². The van der Waals surface area contributed by atoms with Crippen molar-refractivity contribution in [2.24, 2.45) is 0 Å². The van der Waals surface area contributed by atoms with Gasteiger partial charge in [-0.2, -0.15) is 0 Å². The lowest BCUT2D eigenvalue weighted by atomic mass is 10.0. The first-order chi connectivity index (χ1) is 11.1. The second kappa shape index (κ2) is 10.4. The fourth-order valence-corrected chi connectivity index (χ4v) is 4.11. The topological polar surface area (TPSA) is 51.2 Å². The molecule has 4 heteroatoms. The van der Waals surface area contributed by atoms with Crippen molar-refractivity contribution in [3.8, 4) is 0 Å². The molecule has 1 aromatic carbocycles. The van der Waals surface area contributed by atoms with Crippen LogP contribution in [0.3, 0.4) is 0 Å². The molecule has 0 aromatic heterocycles. The SMILES string of the molecule is CCCCC/C=C(/C=O)c1ccccc1S(=O)(=O)CCCCC. The average molecular weight is 336 g/mol. The van der Waals surface area contributed by atoms with Crippen molar-refractivity contribution in [2.45, 2.75) is 63.7 Å². The molecule has 0 saturated heterocycles. The monoisotopic (exact) mass is 336 g/mol. The lowest BCUT2D eigenvalue weighted by Gasteiger charge is -2.10. The number of carbonyl (C=O) groups is 1. The summed E-state index contributed by atoms with van der Waals surface area (Å²) >= 11 is 0. The van der Waals surface area contributed by atoms with Crippen LogP contribution in [0.5, 0.6) is 0 Å². The van der Waals surface area contributed by atoms with E-state index in [0.29, 0.717) is 17.6 Å². The predicted octanol–water partition coefficient (Wildman–Crippen LogP) is 4.81. The quantitative estimate of drug-likeness (QED) is 0.331. The van der Waals surface area contributed by atoms with Gasteiger partial charge in [0, 0.05) is 11.1 Å². The van der Waals surface area contributed by atoms with E-state index in [1.807, 2.05) is 13.0 Å². The molecular formula is C19H28O3S. The molecule has 0 fully saturated rings. The Morgan fingerprint density at radius 3 is 2.30 bits per heavy atom. The zero-order valence-corrected chi connectivity index (χ0v) is 15.1. The maximum Gasteiger partial charge on any atom is 0.178 e. The van der Waals surface area contributed by atoms with Crippen molar-refractivity contribution >= 4 is 21.7 Å². The van der Waals surface area contributed by atoms with E-state index in [1.165, 1.54) is 0 Å². The summed E-state index contributed by atoms with van der Waals surface area (Å²) in [5.41, 5.74) is 1.02. The molecular weight excluding hydrogens is 308 g/mol. The van der Waals surface area contributed by atoms with Crippen LogP contribution in [0.15, 0.2) is 35.2 Å². The van der Waals surface area contributed by atoms with Crippen LogP contribution in [0.2, 0.25) is 0 Å². The minimum absolute atomic E-state index is 0.139. The largest absolute Gasteiger partial charge is 0.298 e. The summed E-state index contributed by atoms with van der Waals surface area (Å²) in [6.07, 6.45) is 9.21. The lowest BCUT2D eigenvalue weighted by Crippen LogP contribution is -2.09. The Morgan fingerprint density at radius 1 is 1.00 bits per heavy atom. The molecule has 0 radical (unpaired) electrons. The van der Waals surface area contributed by atoms with Crippen molar-refractivity contribution in [1.29, 1.82) is 0 Å². The highest BCUT2D eigenvalue weighted by Gasteiger charge is 2.19. The van der Waals surface area contributed by atoms with Crippen LogP contribution in [0.1, 0.15) is 64.4 Å². The summed E-state index contributed by atoms with van der Waals surface area (Å²) in [5.74, 6) is 0.139. The standard InChI is InChI=1S/C19H28O3S/c1-3-5-7-8-12-17(16-20)18-13-9-10-14-19(18)23(21,22)15-11-6-4-2/h9-10,12-14,16H,3-8,11,15H2,1-2H3/b17-12-. The molecule has 0 spiro atoms. The van der Waals surface area contributed by atoms with Crippen LogP contribution in [0.25, 0.3) is 5.57 Å². The van der Waals surface area contributed by atoms with E-state index in [2.05, 4.69) is 6.92 Å². The summed E-state index contributed by atoms with van der Waals surface area (Å²) in [4.78, 5) is 11.7. The Hall–Kier alpha value is -1.42. The third kappa shape index (κ3) is 6.30. The average Bonchev–Trinajstić information content (AvgIpc) is 2.55. The summed E-state index contributed by atoms with van der Waals surface area (Å²) in [7, 11) is -3.35. The zero-order valence-electron chi connectivity index (χ0n) is 14.3. The van der Waals surface area contributed by atoms with Crippen LogP contribution < -0.4 is 0 Å². The normalized spacial score (nSPS) is 12.3. The summed E-state index contributed by atoms with van der Waals surface area (Å²) < 4.78 is 25.2. The molecule has 128 valence electrons. The molecule has 3 nitrogen and oxygen atoms in total. The summed E-state index contributed by atoms with van der Waals surface area (Å²) in [5, 5.41) is 0. The van der Waals surface area contributed by atoms with Crippen molar-refractivity contribution in [3.63, 3.8) is 0 Å². The fraction of sp³-hybridized carbons (Fsp3) is 0.526. The number of aldehydes is 1. The summed E-state index contributed by atoms with van der Waals surface area (Å²) in [6.45, 7) is 4.17. The van der Waals surface area contributed by atoms with Crippen molar-refractivity contribution < 1.29 is 13.2 Å². The van der Waals surface area contributed by atoms with E-state index in [0.717, 1.165) is 44.8 Å². The number of carbonyl (C=O) groups excluding carboxylic acids is 1. The number of benzene rings is 1. The highest BCUT2D eigenvalue weighted by molar-refractivity contribution is 7.91. The van der Waals surface area contributed by atoms with Gasteiger partial charge in [0.25, 0.3) is 0 Å². The van der Waals surface area contributed by atoms with Gasteiger partial charge < -0.3 is 0 Å². The minimum atomic E-state index is -3.35. The fourth-order valence-electron chi connectivity index (χ4n) is 2.50. The second-order valence-corrected chi connectivity index (χ2v) is 7.87. The number of rotatable bonds is 11. The predicted molar refractivity (Wildman–Crippen MR) is 96.2 cm³/mol. The molecule has 0 aliphatic carbocycles. The molecule has 0 atom stereocenters. The van der Waals surface area contributed by atoms with E-state index in [-0.39, 0.29) is 10.6 Å². The van der Waals surface area contributed by atoms with Gasteiger partial charge in [0.15, 0.2) is 9.84 Å². The maximum atomic E-state index is 12.6. The smallest absolute Gasteiger partial charge is 0.178 e. The molecule has 0 N–H and O–H groups in total. The third-order valence-electron chi connectivity index (χ3n) is 3.85. The first kappa shape index (κ1) is 19.6. The zero-order chi connectivity index (χ0) is 17.1. The van der Waals surface area contributed by atoms with Gasteiger partial charge in [0.2, 0.25) is 0 Å². The Kier molecular flexibility index (Phi) is 8.85. The van der Waals surface area contributed by atoms with E-state index in [4.69, 9.17) is 0 Å². The maximum absolute atomic E-state index is 12.6. The molecule has 0 aliphatic heterocycles. The van der Waals surface area contributed by atoms with Gasteiger partial charge >= 0.3 is 0 Å². The Balaban J connectivity index is 3.05. The van der Waals surface area contributed by atoms with E-state index >= 15 is 0 Å². The molecule has 0 unspecified atom stereocenters. The molecule has 0 heterocycles. The van der Waals surface area contributed by atoms with Gasteiger partial charge in [-0.15, -0.1) is 0 Å². The first-order valence-corrected chi connectivity index (χ1v) is 10.2. The van der Waals surface area contributed by atoms with E-state index < -0.39 is 9.84 Å². The first-order valence-electron chi connectivity index (χ1n) is 8.54. The van der Waals surface area contributed by atoms with Gasteiger partial charge in [-0.3, -0.25) is 4.79 Å². The van der Waals surface area contributed by atoms with Crippen molar-refractivity contribution in [1.82, 2.24) is 0 Å². The molecule has 1 aromatic rings. The highest BCUT2D eigenvalue weighted by Crippen LogP contribution is 2.25. The molecule has 0 aliphatic rings. The van der Waals surface area contributed by atoms with Crippen molar-refractivity contribution in [2.75, 3.05) is 5.75 Å². The van der Waals surface area contributed by atoms with Crippen LogP contribution in [-0.4, -0.2) is 20.5 Å². The van der Waals surface area contributed by atoms with Gasteiger partial charge in [0.05, 0.1) is 10.6 Å². The van der Waals surface area contributed by atoms with Crippen molar-refractivity contribution in [3.05, 3.63) is 35.9 Å². The molecule has 23 heavy (non-hydrogen) atoms. The second-order valence-electron chi connectivity index (χ2n) is 5.80. The molecule has 0 bridgehead atoms. The van der Waals surface area contributed by atoms with Crippen LogP contribution >= 0.6 is 0 Å². The van der Waals surface area contributed by atoms with Gasteiger partial charge in [0.1, 0.15) is 6.29 Å². The van der Waals surface area contributed by atoms with Crippen LogP contribution in [-0.2, 0) is 14.6 Å². The summed E-state index contributed by atoms with van der Waals surface area (Å²) in [6, 6.07) is 6.84. The van der Waals surface area contributed by atoms with Gasteiger partial charge in [-0.05, 0) is 25.3 Å². The Bertz CT molecular complexity index is 615. The van der Waals surface area contributed by atoms with Gasteiger partial charge in [-0.25, -0.2) is 8.42 Å². The molecule has 1 rings (SSSR count). The number of allylic oxidation sites excluding steroid dienone is 2. The molecule has 0 saturated carbocycles.